The number of aryl methyl sites for hydroxylation is 1. The van der Waals surface area contributed by atoms with Crippen LogP contribution >= 0.6 is 0 Å². The summed E-state index contributed by atoms with van der Waals surface area (Å²) in [6.45, 7) is 3.08. The van der Waals surface area contributed by atoms with Gasteiger partial charge in [-0.1, -0.05) is 6.07 Å². The molecule has 1 unspecified atom stereocenters. The van der Waals surface area contributed by atoms with Crippen LogP contribution in [0.15, 0.2) is 18.2 Å². The van der Waals surface area contributed by atoms with Crippen molar-refractivity contribution in [2.45, 2.75) is 19.4 Å². The molecule has 0 bridgehead atoms. The summed E-state index contributed by atoms with van der Waals surface area (Å²) < 4.78 is 22.9. The number of methoxy groups -OCH3 is 1. The van der Waals surface area contributed by atoms with Crippen LogP contribution in [-0.2, 0) is 15.9 Å². The minimum absolute atomic E-state index is 0.253. The molecular weight excluding hydrogens is 223 g/mol. The number of benzene rings is 1. The van der Waals surface area contributed by atoms with Crippen LogP contribution < -0.4 is 0 Å². The SMILES string of the molecule is COCCOCC(O)Cc1ccc(F)cc1C. The highest BCUT2D eigenvalue weighted by Crippen LogP contribution is 2.12. The summed E-state index contributed by atoms with van der Waals surface area (Å²) in [5.74, 6) is -0.253. The van der Waals surface area contributed by atoms with E-state index in [1.165, 1.54) is 12.1 Å². The first-order valence-corrected chi connectivity index (χ1v) is 5.63. The summed E-state index contributed by atoms with van der Waals surface area (Å²) in [4.78, 5) is 0. The monoisotopic (exact) mass is 242 g/mol. The van der Waals surface area contributed by atoms with E-state index < -0.39 is 6.10 Å². The van der Waals surface area contributed by atoms with Gasteiger partial charge in [-0.15, -0.1) is 0 Å². The zero-order valence-corrected chi connectivity index (χ0v) is 10.3. The Morgan fingerprint density at radius 1 is 1.35 bits per heavy atom. The van der Waals surface area contributed by atoms with Gasteiger partial charge in [0.05, 0.1) is 25.9 Å². The van der Waals surface area contributed by atoms with E-state index in [0.29, 0.717) is 19.6 Å². The molecule has 0 aromatic heterocycles. The zero-order chi connectivity index (χ0) is 12.7. The molecule has 0 aliphatic carbocycles. The lowest BCUT2D eigenvalue weighted by molar-refractivity contribution is 0.0136. The molecule has 0 radical (unpaired) electrons. The molecule has 1 rings (SSSR count). The molecule has 0 saturated carbocycles. The van der Waals surface area contributed by atoms with E-state index in [4.69, 9.17) is 9.47 Å². The van der Waals surface area contributed by atoms with E-state index in [0.717, 1.165) is 11.1 Å². The molecule has 17 heavy (non-hydrogen) atoms. The van der Waals surface area contributed by atoms with Crippen molar-refractivity contribution in [3.05, 3.63) is 35.1 Å². The Kier molecular flexibility index (Phi) is 6.11. The lowest BCUT2D eigenvalue weighted by Gasteiger charge is -2.13. The molecule has 1 aromatic rings. The van der Waals surface area contributed by atoms with Crippen LogP contribution in [0.1, 0.15) is 11.1 Å². The average Bonchev–Trinajstić information content (AvgIpc) is 2.28. The Morgan fingerprint density at radius 3 is 2.76 bits per heavy atom. The van der Waals surface area contributed by atoms with Gasteiger partial charge < -0.3 is 14.6 Å². The Labute approximate surface area is 101 Å². The Balaban J connectivity index is 2.37. The molecule has 1 atom stereocenters. The van der Waals surface area contributed by atoms with Gasteiger partial charge in [-0.25, -0.2) is 4.39 Å². The number of aliphatic hydroxyl groups is 1. The van der Waals surface area contributed by atoms with Crippen LogP contribution in [0.2, 0.25) is 0 Å². The van der Waals surface area contributed by atoms with Crippen molar-refractivity contribution < 1.29 is 19.0 Å². The molecule has 0 fully saturated rings. The number of hydrogen-bond acceptors (Lipinski definition) is 3. The lowest BCUT2D eigenvalue weighted by atomic mass is 10.0. The number of halogens is 1. The lowest BCUT2D eigenvalue weighted by Crippen LogP contribution is -2.20. The summed E-state index contributed by atoms with van der Waals surface area (Å²) in [7, 11) is 1.60. The van der Waals surface area contributed by atoms with Gasteiger partial charge in [0.2, 0.25) is 0 Å². The summed E-state index contributed by atoms with van der Waals surface area (Å²) in [5, 5.41) is 9.74. The third-order valence-electron chi connectivity index (χ3n) is 2.50. The number of rotatable bonds is 7. The maximum atomic E-state index is 12.9. The van der Waals surface area contributed by atoms with Crippen molar-refractivity contribution in [1.29, 1.82) is 0 Å². The molecule has 0 heterocycles. The van der Waals surface area contributed by atoms with E-state index in [1.54, 1.807) is 13.2 Å². The Hall–Kier alpha value is -0.970. The number of hydrogen-bond donors (Lipinski definition) is 1. The van der Waals surface area contributed by atoms with Crippen molar-refractivity contribution >= 4 is 0 Å². The largest absolute Gasteiger partial charge is 0.390 e. The number of aliphatic hydroxyl groups excluding tert-OH is 1. The first kappa shape index (κ1) is 14.1. The van der Waals surface area contributed by atoms with Gasteiger partial charge in [0.25, 0.3) is 0 Å². The number of ether oxygens (including phenoxy) is 2. The predicted molar refractivity (Wildman–Crippen MR) is 63.5 cm³/mol. The summed E-state index contributed by atoms with van der Waals surface area (Å²) >= 11 is 0. The van der Waals surface area contributed by atoms with Crippen molar-refractivity contribution in [2.24, 2.45) is 0 Å². The topological polar surface area (TPSA) is 38.7 Å². The van der Waals surface area contributed by atoms with Crippen molar-refractivity contribution in [1.82, 2.24) is 0 Å². The van der Waals surface area contributed by atoms with Crippen molar-refractivity contribution in [3.63, 3.8) is 0 Å². The van der Waals surface area contributed by atoms with Crippen molar-refractivity contribution in [2.75, 3.05) is 26.9 Å². The highest BCUT2D eigenvalue weighted by atomic mass is 19.1. The Morgan fingerprint density at radius 2 is 2.12 bits per heavy atom. The van der Waals surface area contributed by atoms with Crippen LogP contribution in [0.3, 0.4) is 0 Å². The normalized spacial score (nSPS) is 12.7. The fraction of sp³-hybridized carbons (Fsp3) is 0.538. The van der Waals surface area contributed by atoms with E-state index in [9.17, 15) is 9.50 Å². The fourth-order valence-corrected chi connectivity index (χ4v) is 1.56. The second kappa shape index (κ2) is 7.37. The van der Waals surface area contributed by atoms with Gasteiger partial charge in [0, 0.05) is 13.5 Å². The Bertz CT molecular complexity index is 341. The van der Waals surface area contributed by atoms with Gasteiger partial charge in [0.1, 0.15) is 5.82 Å². The maximum absolute atomic E-state index is 12.9. The standard InChI is InChI=1S/C13H19FO3/c1-10-7-12(14)4-3-11(10)8-13(15)9-17-6-5-16-2/h3-4,7,13,15H,5-6,8-9H2,1-2H3. The molecule has 1 N–H and O–H groups in total. The minimum Gasteiger partial charge on any atom is -0.390 e. The molecule has 0 amide bonds. The third-order valence-corrected chi connectivity index (χ3v) is 2.50. The maximum Gasteiger partial charge on any atom is 0.123 e. The molecule has 0 aliphatic heterocycles. The van der Waals surface area contributed by atoms with E-state index >= 15 is 0 Å². The van der Waals surface area contributed by atoms with Crippen LogP contribution in [-0.4, -0.2) is 38.1 Å². The first-order valence-electron chi connectivity index (χ1n) is 5.63. The van der Waals surface area contributed by atoms with E-state index in [2.05, 4.69) is 0 Å². The fourth-order valence-electron chi connectivity index (χ4n) is 1.56. The van der Waals surface area contributed by atoms with Gasteiger partial charge >= 0.3 is 0 Å². The average molecular weight is 242 g/mol. The smallest absolute Gasteiger partial charge is 0.123 e. The summed E-state index contributed by atoms with van der Waals surface area (Å²) in [6, 6.07) is 4.57. The van der Waals surface area contributed by atoms with Gasteiger partial charge in [-0.3, -0.25) is 0 Å². The van der Waals surface area contributed by atoms with Gasteiger partial charge in [-0.2, -0.15) is 0 Å². The van der Waals surface area contributed by atoms with Gasteiger partial charge in [-0.05, 0) is 30.2 Å². The van der Waals surface area contributed by atoms with Crippen LogP contribution in [0.25, 0.3) is 0 Å². The second-order valence-corrected chi connectivity index (χ2v) is 4.00. The van der Waals surface area contributed by atoms with Crippen molar-refractivity contribution in [3.8, 4) is 0 Å². The first-order chi connectivity index (χ1) is 8.13. The molecule has 1 aromatic carbocycles. The van der Waals surface area contributed by atoms with Gasteiger partial charge in [0.15, 0.2) is 0 Å². The van der Waals surface area contributed by atoms with E-state index in [-0.39, 0.29) is 12.4 Å². The molecule has 96 valence electrons. The second-order valence-electron chi connectivity index (χ2n) is 4.00. The molecule has 4 heteroatoms. The third kappa shape index (κ3) is 5.26. The summed E-state index contributed by atoms with van der Waals surface area (Å²) in [6.07, 6.45) is -0.102. The molecule has 0 spiro atoms. The van der Waals surface area contributed by atoms with Crippen LogP contribution in [0, 0.1) is 12.7 Å². The molecular formula is C13H19FO3. The van der Waals surface area contributed by atoms with Crippen LogP contribution in [0.5, 0.6) is 0 Å². The quantitative estimate of drug-likeness (QED) is 0.740. The van der Waals surface area contributed by atoms with Crippen LogP contribution in [0.4, 0.5) is 4.39 Å². The van der Waals surface area contributed by atoms with E-state index in [1.807, 2.05) is 6.92 Å². The molecule has 0 saturated heterocycles. The highest BCUT2D eigenvalue weighted by Gasteiger charge is 2.08. The summed E-state index contributed by atoms with van der Waals surface area (Å²) in [5.41, 5.74) is 1.79. The molecule has 0 aliphatic rings. The molecule has 3 nitrogen and oxygen atoms in total. The predicted octanol–water partition coefficient (Wildman–Crippen LogP) is 1.70. The zero-order valence-electron chi connectivity index (χ0n) is 10.3. The highest BCUT2D eigenvalue weighted by molar-refractivity contribution is 5.27. The minimum atomic E-state index is -0.573.